The summed E-state index contributed by atoms with van der Waals surface area (Å²) in [6, 6.07) is 5.13. The smallest absolute Gasteiger partial charge is 0.293 e. The number of rotatable bonds is 5. The number of ketones is 1. The number of carbonyl (C=O) groups is 3. The van der Waals surface area contributed by atoms with Crippen molar-refractivity contribution in [2.24, 2.45) is 7.05 Å². The number of nitrogens with one attached hydrogen (secondary N) is 2. The van der Waals surface area contributed by atoms with E-state index in [9.17, 15) is 23.9 Å². The Balaban J connectivity index is 1.87. The van der Waals surface area contributed by atoms with Crippen LogP contribution in [0.15, 0.2) is 18.2 Å². The van der Waals surface area contributed by atoms with Gasteiger partial charge in [0.2, 0.25) is 0 Å². The van der Waals surface area contributed by atoms with Gasteiger partial charge in [-0.15, -0.1) is 6.42 Å². The van der Waals surface area contributed by atoms with Gasteiger partial charge in [0.25, 0.3) is 17.6 Å². The second-order valence-corrected chi connectivity index (χ2v) is 7.89. The fourth-order valence-corrected chi connectivity index (χ4v) is 3.98. The Morgan fingerprint density at radius 2 is 2.03 bits per heavy atom. The van der Waals surface area contributed by atoms with Crippen LogP contribution in [0.2, 0.25) is 5.02 Å². The van der Waals surface area contributed by atoms with Crippen LogP contribution in [-0.2, 0) is 11.8 Å². The number of carbonyl (C=O) groups excluding carboxylic acids is 3. The third-order valence-electron chi connectivity index (χ3n) is 5.42. The van der Waals surface area contributed by atoms with Crippen LogP contribution >= 0.6 is 11.6 Å². The molecule has 8 nitrogen and oxygen atoms in total. The number of Topliss-reactive ketones (excluding diaryl/α,β-unsaturated/α-hetero) is 1. The molecule has 0 saturated heterocycles. The highest BCUT2D eigenvalue weighted by atomic mass is 35.5. The first-order chi connectivity index (χ1) is 15.0. The van der Waals surface area contributed by atoms with E-state index in [1.807, 2.05) is 0 Å². The van der Waals surface area contributed by atoms with Crippen LogP contribution in [0.4, 0.5) is 10.1 Å². The normalized spacial score (nSPS) is 19.3. The third kappa shape index (κ3) is 3.96. The standard InChI is InChI=1S/C22H18ClFN4O4/c1-4-22(8-14(29)9-22)27-21(32)19(30)16-11(2)28(3)18(17(16)23)20(31)26-13-5-6-15(24)12(7-13)10-25/h1,5-7,14,29H,8-9H2,2-3H3,(H,26,31)(H,27,32). The van der Waals surface area contributed by atoms with E-state index in [-0.39, 0.29) is 46.1 Å². The number of hydrogen-bond donors (Lipinski definition) is 3. The van der Waals surface area contributed by atoms with Crippen molar-refractivity contribution in [3.63, 3.8) is 0 Å². The molecular weight excluding hydrogens is 439 g/mol. The number of nitrogens with zero attached hydrogens (tertiary/aromatic N) is 2. The molecule has 2 aromatic rings. The molecule has 0 bridgehead atoms. The van der Waals surface area contributed by atoms with Crippen molar-refractivity contribution in [3.05, 3.63) is 51.6 Å². The summed E-state index contributed by atoms with van der Waals surface area (Å²) in [5.74, 6) is -1.05. The molecule has 0 radical (unpaired) electrons. The fourth-order valence-electron chi connectivity index (χ4n) is 3.54. The van der Waals surface area contributed by atoms with Crippen LogP contribution in [0.25, 0.3) is 0 Å². The summed E-state index contributed by atoms with van der Waals surface area (Å²) in [5.41, 5.74) is -1.22. The summed E-state index contributed by atoms with van der Waals surface area (Å²) in [6.45, 7) is 1.51. The van der Waals surface area contributed by atoms with Crippen molar-refractivity contribution in [1.82, 2.24) is 9.88 Å². The van der Waals surface area contributed by atoms with Crippen molar-refractivity contribution in [1.29, 1.82) is 5.26 Å². The van der Waals surface area contributed by atoms with E-state index in [4.69, 9.17) is 23.3 Å². The summed E-state index contributed by atoms with van der Waals surface area (Å²) in [7, 11) is 1.49. The number of anilines is 1. The molecule has 1 aliphatic rings. The minimum absolute atomic E-state index is 0.103. The van der Waals surface area contributed by atoms with E-state index in [0.717, 1.165) is 12.1 Å². The Morgan fingerprint density at radius 3 is 2.59 bits per heavy atom. The number of amides is 2. The van der Waals surface area contributed by atoms with Crippen LogP contribution in [0, 0.1) is 36.4 Å². The SMILES string of the molecule is C#CC1(NC(=O)C(=O)c2c(Cl)c(C(=O)Nc3ccc(F)c(C#N)c3)n(C)c2C)CC(O)C1. The molecule has 0 unspecified atom stereocenters. The van der Waals surface area contributed by atoms with Gasteiger partial charge in [-0.3, -0.25) is 14.4 Å². The van der Waals surface area contributed by atoms with Gasteiger partial charge in [0.05, 0.1) is 22.3 Å². The lowest BCUT2D eigenvalue weighted by Crippen LogP contribution is -2.59. The molecule has 1 aromatic carbocycles. The highest BCUT2D eigenvalue weighted by Crippen LogP contribution is 2.33. The predicted molar refractivity (Wildman–Crippen MR) is 114 cm³/mol. The van der Waals surface area contributed by atoms with E-state index in [2.05, 4.69) is 16.6 Å². The number of halogens is 2. The van der Waals surface area contributed by atoms with Crippen molar-refractivity contribution in [3.8, 4) is 18.4 Å². The molecule has 2 amide bonds. The van der Waals surface area contributed by atoms with E-state index >= 15 is 0 Å². The maximum absolute atomic E-state index is 13.5. The number of hydrogen-bond acceptors (Lipinski definition) is 5. The lowest BCUT2D eigenvalue weighted by molar-refractivity contribution is -0.120. The zero-order chi connectivity index (χ0) is 23.8. The minimum Gasteiger partial charge on any atom is -0.393 e. The third-order valence-corrected chi connectivity index (χ3v) is 5.79. The van der Waals surface area contributed by atoms with Crippen LogP contribution in [0.5, 0.6) is 0 Å². The lowest BCUT2D eigenvalue weighted by Gasteiger charge is -2.41. The van der Waals surface area contributed by atoms with Crippen molar-refractivity contribution in [2.75, 3.05) is 5.32 Å². The maximum atomic E-state index is 13.5. The summed E-state index contributed by atoms with van der Waals surface area (Å²) in [6.07, 6.45) is 5.03. The van der Waals surface area contributed by atoms with E-state index in [1.165, 1.54) is 24.6 Å². The number of benzene rings is 1. The average molecular weight is 457 g/mol. The maximum Gasteiger partial charge on any atom is 0.293 e. The van der Waals surface area contributed by atoms with Gasteiger partial charge in [-0.1, -0.05) is 17.5 Å². The van der Waals surface area contributed by atoms with Crippen LogP contribution < -0.4 is 10.6 Å². The molecule has 0 aliphatic heterocycles. The molecule has 1 aromatic heterocycles. The number of aliphatic hydroxyl groups excluding tert-OH is 1. The Hall–Kier alpha value is -3.66. The van der Waals surface area contributed by atoms with Gasteiger partial charge in [-0.25, -0.2) is 4.39 Å². The van der Waals surface area contributed by atoms with Gasteiger partial charge in [-0.2, -0.15) is 5.26 Å². The van der Waals surface area contributed by atoms with Crippen molar-refractivity contribution < 1.29 is 23.9 Å². The molecule has 1 aliphatic carbocycles. The van der Waals surface area contributed by atoms with Crippen LogP contribution in [-0.4, -0.2) is 38.9 Å². The Kier molecular flexibility index (Phi) is 6.09. The summed E-state index contributed by atoms with van der Waals surface area (Å²) >= 11 is 6.32. The predicted octanol–water partition coefficient (Wildman–Crippen LogP) is 2.08. The van der Waals surface area contributed by atoms with Gasteiger partial charge >= 0.3 is 0 Å². The largest absolute Gasteiger partial charge is 0.393 e. The average Bonchev–Trinajstić information content (AvgIpc) is 2.95. The molecule has 0 atom stereocenters. The Bertz CT molecular complexity index is 1230. The summed E-state index contributed by atoms with van der Waals surface area (Å²) in [5, 5.41) is 23.2. The second kappa shape index (κ2) is 8.46. The minimum atomic E-state index is -1.11. The topological polar surface area (TPSA) is 124 Å². The molecule has 0 spiro atoms. The quantitative estimate of drug-likeness (QED) is 0.361. The fraction of sp³-hybridized carbons (Fsp3) is 0.273. The molecular formula is C22H18ClFN4O4. The molecule has 164 valence electrons. The number of aromatic nitrogens is 1. The van der Waals surface area contributed by atoms with Gasteiger partial charge < -0.3 is 20.3 Å². The molecule has 3 N–H and O–H groups in total. The Morgan fingerprint density at radius 1 is 1.38 bits per heavy atom. The highest BCUT2D eigenvalue weighted by molar-refractivity contribution is 6.48. The number of nitriles is 1. The molecule has 1 heterocycles. The van der Waals surface area contributed by atoms with Gasteiger partial charge in [-0.05, 0) is 25.1 Å². The molecule has 1 fully saturated rings. The van der Waals surface area contributed by atoms with Crippen LogP contribution in [0.3, 0.4) is 0 Å². The monoisotopic (exact) mass is 456 g/mol. The molecule has 1 saturated carbocycles. The molecule has 3 rings (SSSR count). The molecule has 10 heteroatoms. The van der Waals surface area contributed by atoms with Crippen molar-refractivity contribution in [2.45, 2.75) is 31.4 Å². The first kappa shape index (κ1) is 23.0. The van der Waals surface area contributed by atoms with Crippen molar-refractivity contribution >= 4 is 34.9 Å². The Labute approximate surface area is 188 Å². The number of terminal acetylenes is 1. The van der Waals surface area contributed by atoms with E-state index in [0.29, 0.717) is 0 Å². The molecule has 32 heavy (non-hydrogen) atoms. The summed E-state index contributed by atoms with van der Waals surface area (Å²) in [4.78, 5) is 38.2. The van der Waals surface area contributed by atoms with E-state index in [1.54, 1.807) is 6.07 Å². The van der Waals surface area contributed by atoms with Gasteiger partial charge in [0, 0.05) is 31.3 Å². The van der Waals surface area contributed by atoms with Crippen LogP contribution in [0.1, 0.15) is 44.9 Å². The lowest BCUT2D eigenvalue weighted by atomic mass is 9.75. The highest BCUT2D eigenvalue weighted by Gasteiger charge is 2.45. The van der Waals surface area contributed by atoms with Gasteiger partial charge in [0.1, 0.15) is 23.1 Å². The first-order valence-electron chi connectivity index (χ1n) is 9.42. The summed E-state index contributed by atoms with van der Waals surface area (Å²) < 4.78 is 14.9. The number of aliphatic hydroxyl groups is 1. The van der Waals surface area contributed by atoms with E-state index < -0.39 is 35.1 Å². The first-order valence-corrected chi connectivity index (χ1v) is 9.79. The zero-order valence-electron chi connectivity index (χ0n) is 17.1. The second-order valence-electron chi connectivity index (χ2n) is 7.51. The zero-order valence-corrected chi connectivity index (χ0v) is 17.9. The van der Waals surface area contributed by atoms with Gasteiger partial charge in [0.15, 0.2) is 0 Å².